The summed E-state index contributed by atoms with van der Waals surface area (Å²) in [7, 11) is 0. The number of hydrogen-bond donors (Lipinski definition) is 1. The first-order chi connectivity index (χ1) is 17.6. The number of carbonyl (C=O) groups is 2. The normalized spacial score (nSPS) is 12.1. The Kier molecular flexibility index (Phi) is 10.9. The van der Waals surface area contributed by atoms with Gasteiger partial charge in [0.2, 0.25) is 11.8 Å². The lowest BCUT2D eigenvalue weighted by atomic mass is 10.0. The smallest absolute Gasteiger partial charge is 0.243 e. The molecule has 0 saturated carbocycles. The lowest BCUT2D eigenvalue weighted by Gasteiger charge is -2.34. The van der Waals surface area contributed by atoms with Crippen molar-refractivity contribution in [3.05, 3.63) is 106 Å². The summed E-state index contributed by atoms with van der Waals surface area (Å²) in [6.07, 6.45) is 0.682. The standard InChI is InChI=1S/C30H34Cl2N2O2S/c1-30(2,3)33-29(36)27(19-22-11-6-4-7-12-22)34(20-24-25(31)15-10-16-26(24)32)28(35)17-18-37-21-23-13-8-5-9-14-23/h4-16,27H,17-21H2,1-3H3,(H,33,36). The number of nitrogens with zero attached hydrogens (tertiary/aromatic N) is 1. The average Bonchev–Trinajstić information content (AvgIpc) is 2.85. The first kappa shape index (κ1) is 29.1. The predicted molar refractivity (Wildman–Crippen MR) is 156 cm³/mol. The molecule has 1 unspecified atom stereocenters. The molecule has 0 saturated heterocycles. The molecule has 0 aliphatic rings. The van der Waals surface area contributed by atoms with Crippen molar-refractivity contribution in [2.24, 2.45) is 0 Å². The molecule has 0 bridgehead atoms. The van der Waals surface area contributed by atoms with Crippen LogP contribution in [0.1, 0.15) is 43.9 Å². The van der Waals surface area contributed by atoms with E-state index in [0.29, 0.717) is 34.2 Å². The van der Waals surface area contributed by atoms with Crippen LogP contribution in [-0.4, -0.2) is 34.0 Å². The summed E-state index contributed by atoms with van der Waals surface area (Å²) in [6.45, 7) is 5.95. The summed E-state index contributed by atoms with van der Waals surface area (Å²) >= 11 is 14.7. The van der Waals surface area contributed by atoms with Crippen LogP contribution >= 0.6 is 35.0 Å². The molecule has 0 aliphatic heterocycles. The van der Waals surface area contributed by atoms with Gasteiger partial charge in [0.05, 0.1) is 0 Å². The van der Waals surface area contributed by atoms with Crippen LogP contribution in [-0.2, 0) is 28.3 Å². The van der Waals surface area contributed by atoms with Gasteiger partial charge in [-0.3, -0.25) is 9.59 Å². The Morgan fingerprint density at radius 1 is 0.865 bits per heavy atom. The van der Waals surface area contributed by atoms with Gasteiger partial charge in [0.1, 0.15) is 6.04 Å². The monoisotopic (exact) mass is 556 g/mol. The molecule has 0 radical (unpaired) electrons. The van der Waals surface area contributed by atoms with Crippen LogP contribution in [0, 0.1) is 0 Å². The summed E-state index contributed by atoms with van der Waals surface area (Å²) in [4.78, 5) is 29.0. The maximum Gasteiger partial charge on any atom is 0.243 e. The molecule has 3 rings (SSSR count). The maximum absolute atomic E-state index is 13.7. The first-order valence-corrected chi connectivity index (χ1v) is 14.2. The molecule has 0 aromatic heterocycles. The van der Waals surface area contributed by atoms with Crippen LogP contribution in [0.3, 0.4) is 0 Å². The number of nitrogens with one attached hydrogen (secondary N) is 1. The third-order valence-corrected chi connectivity index (χ3v) is 7.47. The molecule has 0 aliphatic carbocycles. The van der Waals surface area contributed by atoms with Crippen molar-refractivity contribution in [3.63, 3.8) is 0 Å². The van der Waals surface area contributed by atoms with E-state index >= 15 is 0 Å². The van der Waals surface area contributed by atoms with Crippen molar-refractivity contribution in [2.75, 3.05) is 5.75 Å². The Hall–Kier alpha value is -2.47. The Morgan fingerprint density at radius 3 is 2.00 bits per heavy atom. The Bertz CT molecular complexity index is 1150. The van der Waals surface area contributed by atoms with Gasteiger partial charge in [-0.15, -0.1) is 0 Å². The third-order valence-electron chi connectivity index (χ3n) is 5.73. The number of hydrogen-bond acceptors (Lipinski definition) is 3. The molecule has 196 valence electrons. The molecule has 0 fully saturated rings. The van der Waals surface area contributed by atoms with Gasteiger partial charge in [0, 0.05) is 52.0 Å². The predicted octanol–water partition coefficient (Wildman–Crippen LogP) is 7.17. The van der Waals surface area contributed by atoms with Gasteiger partial charge in [0.25, 0.3) is 0 Å². The number of benzene rings is 3. The average molecular weight is 558 g/mol. The van der Waals surface area contributed by atoms with Crippen molar-refractivity contribution in [1.82, 2.24) is 10.2 Å². The fourth-order valence-corrected chi connectivity index (χ4v) is 5.34. The van der Waals surface area contributed by atoms with Gasteiger partial charge in [0.15, 0.2) is 0 Å². The number of amides is 2. The molecule has 0 heterocycles. The molecule has 37 heavy (non-hydrogen) atoms. The minimum absolute atomic E-state index is 0.110. The van der Waals surface area contributed by atoms with Crippen LogP contribution < -0.4 is 5.32 Å². The van der Waals surface area contributed by atoms with Crippen LogP contribution in [0.4, 0.5) is 0 Å². The molecule has 3 aromatic carbocycles. The molecule has 0 spiro atoms. The lowest BCUT2D eigenvalue weighted by Crippen LogP contribution is -2.54. The van der Waals surface area contributed by atoms with E-state index in [-0.39, 0.29) is 18.4 Å². The van der Waals surface area contributed by atoms with Gasteiger partial charge in [-0.25, -0.2) is 0 Å². The summed E-state index contributed by atoms with van der Waals surface area (Å²) < 4.78 is 0. The molecule has 4 nitrogen and oxygen atoms in total. The fourth-order valence-electron chi connectivity index (χ4n) is 3.93. The van der Waals surface area contributed by atoms with E-state index in [0.717, 1.165) is 11.3 Å². The summed E-state index contributed by atoms with van der Waals surface area (Å²) in [6, 6.07) is 24.5. The van der Waals surface area contributed by atoms with Gasteiger partial charge in [-0.2, -0.15) is 11.8 Å². The van der Waals surface area contributed by atoms with E-state index in [9.17, 15) is 9.59 Å². The van der Waals surface area contributed by atoms with Crippen LogP contribution in [0.2, 0.25) is 10.0 Å². The SMILES string of the molecule is CC(C)(C)NC(=O)C(Cc1ccccc1)N(Cc1c(Cl)cccc1Cl)C(=O)CCSCc1ccccc1. The van der Waals surface area contributed by atoms with E-state index in [1.54, 1.807) is 34.9 Å². The summed E-state index contributed by atoms with van der Waals surface area (Å²) in [5.41, 5.74) is 2.37. The molecule has 2 amide bonds. The summed E-state index contributed by atoms with van der Waals surface area (Å²) in [5, 5.41) is 4.02. The van der Waals surface area contributed by atoms with Gasteiger partial charge in [-0.1, -0.05) is 89.9 Å². The highest BCUT2D eigenvalue weighted by Gasteiger charge is 2.32. The largest absolute Gasteiger partial charge is 0.350 e. The number of carbonyl (C=O) groups excluding carboxylic acids is 2. The Labute approximate surface area is 234 Å². The second-order valence-electron chi connectivity index (χ2n) is 9.95. The highest BCUT2D eigenvalue weighted by atomic mass is 35.5. The Morgan fingerprint density at radius 2 is 1.43 bits per heavy atom. The second-order valence-corrected chi connectivity index (χ2v) is 11.9. The van der Waals surface area contributed by atoms with Crippen molar-refractivity contribution in [2.45, 2.75) is 57.5 Å². The molecule has 3 aromatic rings. The maximum atomic E-state index is 13.7. The van der Waals surface area contributed by atoms with E-state index in [1.165, 1.54) is 5.56 Å². The number of halogens is 2. The minimum atomic E-state index is -0.722. The van der Waals surface area contributed by atoms with Gasteiger partial charge >= 0.3 is 0 Å². The Balaban J connectivity index is 1.87. The first-order valence-electron chi connectivity index (χ1n) is 12.3. The summed E-state index contributed by atoms with van der Waals surface area (Å²) in [5.74, 6) is 1.15. The van der Waals surface area contributed by atoms with Gasteiger partial charge in [-0.05, 0) is 44.0 Å². The van der Waals surface area contributed by atoms with Crippen molar-refractivity contribution >= 4 is 46.8 Å². The van der Waals surface area contributed by atoms with Crippen molar-refractivity contribution in [1.29, 1.82) is 0 Å². The van der Waals surface area contributed by atoms with Crippen LogP contribution in [0.25, 0.3) is 0 Å². The molecule has 1 atom stereocenters. The third kappa shape index (κ3) is 9.41. The number of thioether (sulfide) groups is 1. The van der Waals surface area contributed by atoms with Crippen molar-refractivity contribution < 1.29 is 9.59 Å². The lowest BCUT2D eigenvalue weighted by molar-refractivity contribution is -0.141. The quantitative estimate of drug-likeness (QED) is 0.254. The fraction of sp³-hybridized carbons (Fsp3) is 0.333. The van der Waals surface area contributed by atoms with Crippen LogP contribution in [0.5, 0.6) is 0 Å². The highest BCUT2D eigenvalue weighted by molar-refractivity contribution is 7.98. The minimum Gasteiger partial charge on any atom is -0.350 e. The zero-order valence-electron chi connectivity index (χ0n) is 21.5. The van der Waals surface area contributed by atoms with Gasteiger partial charge < -0.3 is 10.2 Å². The molecule has 7 heteroatoms. The molecule has 1 N–H and O–H groups in total. The second kappa shape index (κ2) is 13.9. The zero-order chi connectivity index (χ0) is 26.8. The molecular formula is C30H34Cl2N2O2S. The van der Waals surface area contributed by atoms with E-state index in [1.807, 2.05) is 69.3 Å². The molecular weight excluding hydrogens is 523 g/mol. The van der Waals surface area contributed by atoms with Crippen molar-refractivity contribution in [3.8, 4) is 0 Å². The zero-order valence-corrected chi connectivity index (χ0v) is 23.9. The highest BCUT2D eigenvalue weighted by Crippen LogP contribution is 2.28. The van der Waals surface area contributed by atoms with E-state index < -0.39 is 11.6 Å². The topological polar surface area (TPSA) is 49.4 Å². The van der Waals surface area contributed by atoms with Crippen LogP contribution in [0.15, 0.2) is 78.9 Å². The number of rotatable bonds is 11. The van der Waals surface area contributed by atoms with E-state index in [2.05, 4.69) is 17.4 Å². The van der Waals surface area contributed by atoms with E-state index in [4.69, 9.17) is 23.2 Å².